The minimum Gasteiger partial charge on any atom is -0.360 e. The zero-order valence-corrected chi connectivity index (χ0v) is 15.8. The van der Waals surface area contributed by atoms with Crippen molar-refractivity contribution in [2.45, 2.75) is 36.9 Å². The van der Waals surface area contributed by atoms with E-state index in [9.17, 15) is 4.79 Å². The summed E-state index contributed by atoms with van der Waals surface area (Å²) in [6.07, 6.45) is 2.26. The molecule has 0 aliphatic heterocycles. The number of carbonyl (C=O) groups is 1. The van der Waals surface area contributed by atoms with Gasteiger partial charge in [-0.2, -0.15) is 0 Å². The molecule has 0 fully saturated rings. The average Bonchev–Trinajstić information content (AvgIpc) is 3.06. The van der Waals surface area contributed by atoms with Crippen LogP contribution in [-0.4, -0.2) is 34.9 Å². The molecule has 0 saturated heterocycles. The van der Waals surface area contributed by atoms with Gasteiger partial charge in [0.15, 0.2) is 4.34 Å². The zero-order chi connectivity index (χ0) is 17.2. The Kier molecular flexibility index (Phi) is 8.04. The molecule has 1 heterocycles. The Morgan fingerprint density at radius 3 is 2.83 bits per heavy atom. The van der Waals surface area contributed by atoms with Gasteiger partial charge in [0.2, 0.25) is 11.0 Å². The van der Waals surface area contributed by atoms with Crippen LogP contribution in [0.5, 0.6) is 0 Å². The van der Waals surface area contributed by atoms with Crippen molar-refractivity contribution in [3.05, 3.63) is 35.9 Å². The second-order valence-electron chi connectivity index (χ2n) is 5.56. The molecule has 0 radical (unpaired) electrons. The second kappa shape index (κ2) is 10.3. The molecule has 1 amide bonds. The number of unbranched alkanes of at least 4 members (excludes halogenated alkanes) is 1. The molecule has 7 heteroatoms. The third-order valence-corrected chi connectivity index (χ3v) is 5.53. The summed E-state index contributed by atoms with van der Waals surface area (Å²) < 4.78 is 0.820. The van der Waals surface area contributed by atoms with E-state index in [1.54, 1.807) is 0 Å². The van der Waals surface area contributed by atoms with Gasteiger partial charge in [-0.05, 0) is 17.9 Å². The largest absolute Gasteiger partial charge is 0.360 e. The van der Waals surface area contributed by atoms with E-state index in [4.69, 9.17) is 0 Å². The summed E-state index contributed by atoms with van der Waals surface area (Å²) in [6, 6.07) is 10.2. The van der Waals surface area contributed by atoms with Crippen molar-refractivity contribution in [3.8, 4) is 0 Å². The molecule has 0 saturated carbocycles. The Morgan fingerprint density at radius 2 is 2.08 bits per heavy atom. The second-order valence-corrected chi connectivity index (χ2v) is 7.76. The fourth-order valence-electron chi connectivity index (χ4n) is 2.06. The molecule has 0 spiro atoms. The zero-order valence-electron chi connectivity index (χ0n) is 14.1. The van der Waals surface area contributed by atoms with Gasteiger partial charge in [0.1, 0.15) is 0 Å². The summed E-state index contributed by atoms with van der Waals surface area (Å²) in [7, 11) is 0. The van der Waals surface area contributed by atoms with E-state index in [0.717, 1.165) is 28.9 Å². The molecule has 1 atom stereocenters. The van der Waals surface area contributed by atoms with Crippen LogP contribution in [0, 0.1) is 0 Å². The van der Waals surface area contributed by atoms with Crippen LogP contribution >= 0.6 is 23.1 Å². The average molecular weight is 365 g/mol. The summed E-state index contributed by atoms with van der Waals surface area (Å²) in [5.74, 6) is 0.694. The number of amides is 1. The molecule has 2 rings (SSSR count). The van der Waals surface area contributed by atoms with E-state index < -0.39 is 0 Å². The van der Waals surface area contributed by atoms with Crippen molar-refractivity contribution >= 4 is 34.1 Å². The highest BCUT2D eigenvalue weighted by atomic mass is 32.2. The van der Waals surface area contributed by atoms with Gasteiger partial charge in [0, 0.05) is 13.1 Å². The van der Waals surface area contributed by atoms with Crippen LogP contribution in [0.3, 0.4) is 0 Å². The highest BCUT2D eigenvalue weighted by Crippen LogP contribution is 2.25. The topological polar surface area (TPSA) is 66.9 Å². The number of nitrogens with zero attached hydrogens (tertiary/aromatic N) is 2. The van der Waals surface area contributed by atoms with Gasteiger partial charge in [0.05, 0.1) is 5.75 Å². The molecule has 2 aromatic rings. The van der Waals surface area contributed by atoms with E-state index >= 15 is 0 Å². The number of aromatic nitrogens is 2. The number of nitrogens with one attached hydrogen (secondary N) is 2. The van der Waals surface area contributed by atoms with Crippen LogP contribution in [0.1, 0.15) is 38.2 Å². The highest BCUT2D eigenvalue weighted by Gasteiger charge is 2.10. The molecule has 0 aliphatic rings. The SMILES string of the molecule is CCCCNc1nnc(SCC(=O)NCC(C)c2ccccc2)s1. The molecular weight excluding hydrogens is 340 g/mol. The van der Waals surface area contributed by atoms with Crippen molar-refractivity contribution in [2.24, 2.45) is 0 Å². The summed E-state index contributed by atoms with van der Waals surface area (Å²) in [6.45, 7) is 5.82. The molecular formula is C17H24N4OS2. The first-order valence-electron chi connectivity index (χ1n) is 8.21. The maximum Gasteiger partial charge on any atom is 0.230 e. The maximum absolute atomic E-state index is 12.0. The smallest absolute Gasteiger partial charge is 0.230 e. The normalized spacial score (nSPS) is 11.9. The quantitative estimate of drug-likeness (QED) is 0.496. The lowest BCUT2D eigenvalue weighted by molar-refractivity contribution is -0.118. The molecule has 5 nitrogen and oxygen atoms in total. The van der Waals surface area contributed by atoms with Gasteiger partial charge in [-0.15, -0.1) is 10.2 Å². The molecule has 1 unspecified atom stereocenters. The number of benzene rings is 1. The van der Waals surface area contributed by atoms with Crippen molar-refractivity contribution in [1.29, 1.82) is 0 Å². The standard InChI is InChI=1S/C17H24N4OS2/c1-3-4-10-18-16-20-21-17(24-16)23-12-15(22)19-11-13(2)14-8-6-5-7-9-14/h5-9,13H,3-4,10-12H2,1-2H3,(H,18,20)(H,19,22). The molecule has 130 valence electrons. The molecule has 0 bridgehead atoms. The summed E-state index contributed by atoms with van der Waals surface area (Å²) in [5.41, 5.74) is 1.23. The van der Waals surface area contributed by atoms with Gasteiger partial charge < -0.3 is 10.6 Å². The number of carbonyl (C=O) groups excluding carboxylic acids is 1. The fourth-order valence-corrected chi connectivity index (χ4v) is 3.66. The molecule has 2 N–H and O–H groups in total. The Labute approximate surface area is 151 Å². The highest BCUT2D eigenvalue weighted by molar-refractivity contribution is 8.01. The van der Waals surface area contributed by atoms with Crippen LogP contribution in [0.4, 0.5) is 5.13 Å². The van der Waals surface area contributed by atoms with Gasteiger partial charge in [0.25, 0.3) is 0 Å². The van der Waals surface area contributed by atoms with Gasteiger partial charge in [-0.25, -0.2) is 0 Å². The first-order valence-corrected chi connectivity index (χ1v) is 10.0. The van der Waals surface area contributed by atoms with E-state index in [-0.39, 0.29) is 5.91 Å². The maximum atomic E-state index is 12.0. The number of rotatable bonds is 10. The lowest BCUT2D eigenvalue weighted by atomic mass is 10.0. The molecule has 24 heavy (non-hydrogen) atoms. The number of thioether (sulfide) groups is 1. The van der Waals surface area contributed by atoms with Gasteiger partial charge in [-0.1, -0.05) is 73.7 Å². The van der Waals surface area contributed by atoms with E-state index in [1.807, 2.05) is 18.2 Å². The first kappa shape index (κ1) is 18.7. The van der Waals surface area contributed by atoms with Crippen LogP contribution in [0.25, 0.3) is 0 Å². The Morgan fingerprint density at radius 1 is 1.29 bits per heavy atom. The van der Waals surface area contributed by atoms with E-state index in [2.05, 4.69) is 46.8 Å². The lowest BCUT2D eigenvalue weighted by Crippen LogP contribution is -2.28. The predicted octanol–water partition coefficient (Wildman–Crippen LogP) is 3.76. The Hall–Kier alpha value is -1.60. The lowest BCUT2D eigenvalue weighted by Gasteiger charge is -2.12. The number of anilines is 1. The predicted molar refractivity (Wildman–Crippen MR) is 102 cm³/mol. The molecule has 0 aliphatic carbocycles. The van der Waals surface area contributed by atoms with Crippen molar-refractivity contribution in [2.75, 3.05) is 24.2 Å². The third kappa shape index (κ3) is 6.49. The van der Waals surface area contributed by atoms with E-state index in [1.165, 1.54) is 28.7 Å². The number of hydrogen-bond donors (Lipinski definition) is 2. The van der Waals surface area contributed by atoms with Crippen LogP contribution < -0.4 is 10.6 Å². The van der Waals surface area contributed by atoms with Crippen LogP contribution in [0.15, 0.2) is 34.7 Å². The first-order chi connectivity index (χ1) is 11.7. The summed E-state index contributed by atoms with van der Waals surface area (Å²) >= 11 is 2.93. The minimum absolute atomic E-state index is 0.0264. The van der Waals surface area contributed by atoms with Crippen molar-refractivity contribution < 1.29 is 4.79 Å². The third-order valence-electron chi connectivity index (χ3n) is 3.51. The molecule has 1 aromatic heterocycles. The Bertz CT molecular complexity index is 618. The van der Waals surface area contributed by atoms with Gasteiger partial charge >= 0.3 is 0 Å². The molecule has 1 aromatic carbocycles. The van der Waals surface area contributed by atoms with Crippen LogP contribution in [0.2, 0.25) is 0 Å². The van der Waals surface area contributed by atoms with Crippen molar-refractivity contribution in [1.82, 2.24) is 15.5 Å². The fraction of sp³-hybridized carbons (Fsp3) is 0.471. The summed E-state index contributed by atoms with van der Waals surface area (Å²) in [4.78, 5) is 12.0. The summed E-state index contributed by atoms with van der Waals surface area (Å²) in [5, 5.41) is 15.2. The minimum atomic E-state index is 0.0264. The number of hydrogen-bond acceptors (Lipinski definition) is 6. The van der Waals surface area contributed by atoms with Gasteiger partial charge in [-0.3, -0.25) is 4.79 Å². The Balaban J connectivity index is 1.67. The monoisotopic (exact) mass is 364 g/mol. The van der Waals surface area contributed by atoms with Crippen molar-refractivity contribution in [3.63, 3.8) is 0 Å². The van der Waals surface area contributed by atoms with Crippen LogP contribution in [-0.2, 0) is 4.79 Å². The van der Waals surface area contributed by atoms with E-state index in [0.29, 0.717) is 18.2 Å².